The maximum Gasteiger partial charge on any atom is 0.0192 e. The molecule has 0 amide bonds. The predicted molar refractivity (Wildman–Crippen MR) is 214 cm³/mol. The van der Waals surface area contributed by atoms with Gasteiger partial charge in [-0.25, -0.2) is 0 Å². The highest BCUT2D eigenvalue weighted by Gasteiger charge is 2.22. The van der Waals surface area contributed by atoms with Crippen LogP contribution in [0.25, 0.3) is 0 Å². The van der Waals surface area contributed by atoms with Crippen LogP contribution in [-0.4, -0.2) is 0 Å². The van der Waals surface area contributed by atoms with Crippen LogP contribution >= 0.6 is 143 Å². The minimum atomic E-state index is -0.705. The SMILES string of the molecule is Brc1cc(Br)cc(P(Cc2ccccc2CP(c2cc(Br)cc(Br)c2)c2cc(Br)cc(Br)c2)c2cc(Br)cc(Br)c2)c1. The average Bonchev–Trinajstić information content (AvgIpc) is 2.88. The lowest BCUT2D eigenvalue weighted by Gasteiger charge is -2.25. The van der Waals surface area contributed by atoms with Crippen molar-refractivity contribution in [3.05, 3.63) is 144 Å². The maximum atomic E-state index is 3.74. The molecule has 0 aliphatic heterocycles. The molecule has 0 fully saturated rings. The van der Waals surface area contributed by atoms with Gasteiger partial charge < -0.3 is 0 Å². The quantitative estimate of drug-likeness (QED) is 0.136. The second kappa shape index (κ2) is 15.6. The Hall–Kier alpha value is 0.800. The summed E-state index contributed by atoms with van der Waals surface area (Å²) in [7, 11) is -1.41. The third-order valence-electron chi connectivity index (χ3n) is 6.41. The third kappa shape index (κ3) is 9.20. The van der Waals surface area contributed by atoms with Crippen LogP contribution in [0.5, 0.6) is 0 Å². The molecule has 0 bridgehead atoms. The average molecular weight is 1110 g/mol. The zero-order valence-electron chi connectivity index (χ0n) is 21.6. The topological polar surface area (TPSA) is 0 Å². The summed E-state index contributed by atoms with van der Waals surface area (Å²) < 4.78 is 8.60. The molecule has 42 heavy (non-hydrogen) atoms. The summed E-state index contributed by atoms with van der Waals surface area (Å²) in [5.41, 5.74) is 2.76. The Morgan fingerprint density at radius 2 is 0.548 bits per heavy atom. The van der Waals surface area contributed by atoms with Crippen molar-refractivity contribution in [1.29, 1.82) is 0 Å². The number of hydrogen-bond acceptors (Lipinski definition) is 0. The first-order valence-electron chi connectivity index (χ1n) is 12.5. The van der Waals surface area contributed by atoms with Gasteiger partial charge in [-0.3, -0.25) is 0 Å². The Bertz CT molecular complexity index is 1450. The van der Waals surface area contributed by atoms with Gasteiger partial charge in [-0.15, -0.1) is 0 Å². The summed E-state index contributed by atoms with van der Waals surface area (Å²) in [6.07, 6.45) is 1.87. The maximum absolute atomic E-state index is 3.74. The summed E-state index contributed by atoms with van der Waals surface area (Å²) in [4.78, 5) is 0. The van der Waals surface area contributed by atoms with Gasteiger partial charge in [0.2, 0.25) is 0 Å². The molecule has 0 spiro atoms. The Morgan fingerprint density at radius 3 is 0.762 bits per heavy atom. The minimum Gasteiger partial charge on any atom is -0.0620 e. The van der Waals surface area contributed by atoms with Crippen LogP contribution in [0.3, 0.4) is 0 Å². The highest BCUT2D eigenvalue weighted by molar-refractivity contribution is 9.12. The smallest absolute Gasteiger partial charge is 0.0192 e. The molecule has 214 valence electrons. The van der Waals surface area contributed by atoms with Gasteiger partial charge in [-0.2, -0.15) is 0 Å². The molecule has 10 heteroatoms. The monoisotopic (exact) mass is 1100 g/mol. The van der Waals surface area contributed by atoms with Crippen LogP contribution in [0.2, 0.25) is 0 Å². The first kappa shape index (κ1) is 34.1. The highest BCUT2D eigenvalue weighted by atomic mass is 79.9. The van der Waals surface area contributed by atoms with E-state index in [0.717, 1.165) is 48.1 Å². The van der Waals surface area contributed by atoms with E-state index in [9.17, 15) is 0 Å². The van der Waals surface area contributed by atoms with Crippen LogP contribution in [0.15, 0.2) is 133 Å². The molecule has 0 saturated heterocycles. The molecule has 0 saturated carbocycles. The summed E-state index contributed by atoms with van der Waals surface area (Å²) >= 11 is 29.9. The van der Waals surface area contributed by atoms with Crippen molar-refractivity contribution in [2.75, 3.05) is 0 Å². The van der Waals surface area contributed by atoms with E-state index in [1.165, 1.54) is 32.3 Å². The van der Waals surface area contributed by atoms with Gasteiger partial charge >= 0.3 is 0 Å². The molecular formula is C32H20Br8P2. The number of benzene rings is 5. The molecule has 0 aliphatic carbocycles. The van der Waals surface area contributed by atoms with Crippen LogP contribution in [0, 0.1) is 0 Å². The van der Waals surface area contributed by atoms with E-state index in [4.69, 9.17) is 0 Å². The molecule has 0 aromatic heterocycles. The second-order valence-corrected chi connectivity index (χ2v) is 21.2. The summed E-state index contributed by atoms with van der Waals surface area (Å²) in [6, 6.07) is 35.5. The normalized spacial score (nSPS) is 11.5. The number of halogens is 8. The summed E-state index contributed by atoms with van der Waals surface area (Å²) in [5.74, 6) is 0. The van der Waals surface area contributed by atoms with E-state index in [1.54, 1.807) is 0 Å². The van der Waals surface area contributed by atoms with Crippen LogP contribution in [0.1, 0.15) is 11.1 Å². The summed E-state index contributed by atoms with van der Waals surface area (Å²) in [5, 5.41) is 5.28. The molecule has 5 aromatic rings. The van der Waals surface area contributed by atoms with Crippen molar-refractivity contribution < 1.29 is 0 Å². The van der Waals surface area contributed by atoms with Gasteiger partial charge in [0.1, 0.15) is 0 Å². The van der Waals surface area contributed by atoms with E-state index in [-0.39, 0.29) is 0 Å². The van der Waals surface area contributed by atoms with Crippen molar-refractivity contribution in [3.63, 3.8) is 0 Å². The molecule has 5 rings (SSSR count). The zero-order valence-corrected chi connectivity index (χ0v) is 36.0. The lowest BCUT2D eigenvalue weighted by molar-refractivity contribution is 1.27. The molecule has 0 unspecified atom stereocenters. The number of hydrogen-bond donors (Lipinski definition) is 0. The second-order valence-electron chi connectivity index (χ2n) is 9.45. The van der Waals surface area contributed by atoms with Crippen molar-refractivity contribution in [3.8, 4) is 0 Å². The molecule has 0 heterocycles. The summed E-state index contributed by atoms with van der Waals surface area (Å²) in [6.45, 7) is 0. The minimum absolute atomic E-state index is 0.705. The van der Waals surface area contributed by atoms with Crippen LogP contribution in [0.4, 0.5) is 0 Å². The molecule has 5 aromatic carbocycles. The van der Waals surface area contributed by atoms with Crippen molar-refractivity contribution >= 4 is 165 Å². The van der Waals surface area contributed by atoms with Crippen molar-refractivity contribution in [1.82, 2.24) is 0 Å². The van der Waals surface area contributed by atoms with E-state index in [0.29, 0.717) is 0 Å². The van der Waals surface area contributed by atoms with Gasteiger partial charge in [-0.1, -0.05) is 152 Å². The van der Waals surface area contributed by atoms with Gasteiger partial charge in [0, 0.05) is 48.1 Å². The van der Waals surface area contributed by atoms with E-state index < -0.39 is 15.8 Å². The predicted octanol–water partition coefficient (Wildman–Crippen LogP) is 13.1. The molecular weight excluding hydrogens is 1090 g/mol. The Morgan fingerprint density at radius 1 is 0.333 bits per heavy atom. The van der Waals surface area contributed by atoms with Gasteiger partial charge in [0.05, 0.1) is 0 Å². The highest BCUT2D eigenvalue weighted by Crippen LogP contribution is 2.45. The Balaban J connectivity index is 1.61. The molecule has 0 N–H and O–H groups in total. The van der Waals surface area contributed by atoms with Gasteiger partial charge in [0.25, 0.3) is 0 Å². The fourth-order valence-corrected chi connectivity index (χ4v) is 16.2. The van der Waals surface area contributed by atoms with Crippen molar-refractivity contribution in [2.24, 2.45) is 0 Å². The van der Waals surface area contributed by atoms with Crippen molar-refractivity contribution in [2.45, 2.75) is 12.3 Å². The van der Waals surface area contributed by atoms with Gasteiger partial charge in [-0.05, 0) is 121 Å². The lowest BCUT2D eigenvalue weighted by atomic mass is 10.1. The molecule has 0 atom stereocenters. The van der Waals surface area contributed by atoms with Crippen LogP contribution in [-0.2, 0) is 12.3 Å². The van der Waals surface area contributed by atoms with Gasteiger partial charge in [0.15, 0.2) is 0 Å². The Kier molecular flexibility index (Phi) is 12.7. The molecule has 0 radical (unpaired) electrons. The zero-order chi connectivity index (χ0) is 30.0. The number of rotatable bonds is 8. The lowest BCUT2D eigenvalue weighted by Crippen LogP contribution is -2.16. The van der Waals surface area contributed by atoms with E-state index in [2.05, 4.69) is 225 Å². The van der Waals surface area contributed by atoms with Crippen LogP contribution < -0.4 is 21.2 Å². The fraction of sp³-hybridized carbons (Fsp3) is 0.0625. The molecule has 0 nitrogen and oxygen atoms in total. The Labute approximate surface area is 316 Å². The van der Waals surface area contributed by atoms with E-state index in [1.807, 2.05) is 0 Å². The first-order chi connectivity index (χ1) is 20.0. The standard InChI is InChI=1S/C32H20Br8P2/c33-21-5-22(34)10-29(9-21)41(30-11-23(35)6-24(36)12-30)17-19-3-1-2-4-20(19)18-42(31-13-25(37)7-26(38)14-31)32-15-27(39)8-28(40)16-32/h1-16H,17-18H2. The first-order valence-corrected chi connectivity index (χ1v) is 21.9. The fourth-order valence-electron chi connectivity index (χ4n) is 4.65. The largest absolute Gasteiger partial charge is 0.0620 e. The molecule has 0 aliphatic rings. The van der Waals surface area contributed by atoms with E-state index >= 15 is 0 Å². The third-order valence-corrected chi connectivity index (χ3v) is 14.9.